The van der Waals surface area contributed by atoms with Gasteiger partial charge in [-0.05, 0) is 39.2 Å². The van der Waals surface area contributed by atoms with Gasteiger partial charge in [-0.3, -0.25) is 0 Å². The van der Waals surface area contributed by atoms with Crippen molar-refractivity contribution in [3.63, 3.8) is 0 Å². The van der Waals surface area contributed by atoms with E-state index < -0.39 is 0 Å². The Kier molecular flexibility index (Phi) is 2.82. The van der Waals surface area contributed by atoms with E-state index in [2.05, 4.69) is 33.9 Å². The molecule has 0 aliphatic heterocycles. The predicted octanol–water partition coefficient (Wildman–Crippen LogP) is 1.36. The zero-order chi connectivity index (χ0) is 9.97. The maximum absolute atomic E-state index is 4.11. The first-order valence-corrected chi connectivity index (χ1v) is 5.36. The van der Waals surface area contributed by atoms with Gasteiger partial charge in [-0.25, -0.2) is 0 Å². The summed E-state index contributed by atoms with van der Waals surface area (Å²) in [7, 11) is 0. The lowest BCUT2D eigenvalue weighted by molar-refractivity contribution is 0.534. The van der Waals surface area contributed by atoms with E-state index in [1.54, 1.807) is 6.33 Å². The van der Waals surface area contributed by atoms with Gasteiger partial charge in [-0.2, -0.15) is 0 Å². The van der Waals surface area contributed by atoms with Crippen molar-refractivity contribution in [2.24, 2.45) is 5.92 Å². The maximum Gasteiger partial charge on any atom is 0.147 e. The quantitative estimate of drug-likeness (QED) is 0.769. The number of rotatable bonds is 5. The lowest BCUT2D eigenvalue weighted by atomic mass is 10.3. The molecule has 1 aliphatic rings. The second kappa shape index (κ2) is 4.09. The van der Waals surface area contributed by atoms with E-state index in [0.29, 0.717) is 6.04 Å². The van der Waals surface area contributed by atoms with Crippen LogP contribution in [0.2, 0.25) is 0 Å². The standard InChI is InChI=1S/C10H18N4/c1-8(2)14-7-12-13-10(14)6-11-5-9-3-4-9/h7-9,11H,3-6H2,1-2H3. The molecule has 0 aromatic carbocycles. The van der Waals surface area contributed by atoms with Crippen molar-refractivity contribution in [3.05, 3.63) is 12.2 Å². The van der Waals surface area contributed by atoms with Crippen molar-refractivity contribution in [2.75, 3.05) is 6.54 Å². The molecule has 2 rings (SSSR count). The summed E-state index contributed by atoms with van der Waals surface area (Å²) in [4.78, 5) is 0. The number of nitrogens with zero attached hydrogens (tertiary/aromatic N) is 3. The molecule has 1 aliphatic carbocycles. The summed E-state index contributed by atoms with van der Waals surface area (Å²) >= 11 is 0. The van der Waals surface area contributed by atoms with E-state index in [9.17, 15) is 0 Å². The summed E-state index contributed by atoms with van der Waals surface area (Å²) in [5.41, 5.74) is 0. The van der Waals surface area contributed by atoms with Gasteiger partial charge in [0.1, 0.15) is 12.2 Å². The molecule has 0 unspecified atom stereocenters. The van der Waals surface area contributed by atoms with Crippen LogP contribution in [0.5, 0.6) is 0 Å². The van der Waals surface area contributed by atoms with Gasteiger partial charge in [0.25, 0.3) is 0 Å². The maximum atomic E-state index is 4.11. The Hall–Kier alpha value is -0.900. The Morgan fingerprint density at radius 3 is 3.00 bits per heavy atom. The molecule has 1 heterocycles. The molecule has 1 aromatic rings. The Labute approximate surface area is 84.7 Å². The van der Waals surface area contributed by atoms with Crippen molar-refractivity contribution < 1.29 is 0 Å². The van der Waals surface area contributed by atoms with Gasteiger partial charge in [0.2, 0.25) is 0 Å². The summed E-state index contributed by atoms with van der Waals surface area (Å²) in [5.74, 6) is 1.96. The molecular formula is C10H18N4. The first-order valence-electron chi connectivity index (χ1n) is 5.36. The predicted molar refractivity (Wildman–Crippen MR) is 54.8 cm³/mol. The zero-order valence-electron chi connectivity index (χ0n) is 8.90. The van der Waals surface area contributed by atoms with Crippen molar-refractivity contribution in [2.45, 2.75) is 39.3 Å². The van der Waals surface area contributed by atoms with E-state index in [-0.39, 0.29) is 0 Å². The highest BCUT2D eigenvalue weighted by Crippen LogP contribution is 2.27. The second-order valence-corrected chi connectivity index (χ2v) is 4.32. The molecule has 0 bridgehead atoms. The van der Waals surface area contributed by atoms with Crippen LogP contribution in [0.15, 0.2) is 6.33 Å². The minimum Gasteiger partial charge on any atom is -0.314 e. The van der Waals surface area contributed by atoms with Crippen LogP contribution < -0.4 is 5.32 Å². The molecule has 14 heavy (non-hydrogen) atoms. The molecule has 4 nitrogen and oxygen atoms in total. The lowest BCUT2D eigenvalue weighted by Gasteiger charge is -2.10. The number of hydrogen-bond acceptors (Lipinski definition) is 3. The summed E-state index contributed by atoms with van der Waals surface area (Å²) in [6, 6.07) is 0.447. The molecular weight excluding hydrogens is 176 g/mol. The van der Waals surface area contributed by atoms with Crippen molar-refractivity contribution in [1.29, 1.82) is 0 Å². The molecule has 1 N–H and O–H groups in total. The molecule has 0 atom stereocenters. The summed E-state index contributed by atoms with van der Waals surface area (Å²) in [5, 5.41) is 11.5. The van der Waals surface area contributed by atoms with E-state index in [0.717, 1.165) is 24.8 Å². The van der Waals surface area contributed by atoms with Crippen LogP contribution in [0, 0.1) is 5.92 Å². The lowest BCUT2D eigenvalue weighted by Crippen LogP contribution is -2.19. The highest BCUT2D eigenvalue weighted by Gasteiger charge is 2.20. The zero-order valence-corrected chi connectivity index (χ0v) is 8.90. The molecule has 0 saturated heterocycles. The molecule has 1 fully saturated rings. The molecule has 4 heteroatoms. The topological polar surface area (TPSA) is 42.7 Å². The Morgan fingerprint density at radius 1 is 1.57 bits per heavy atom. The van der Waals surface area contributed by atoms with Crippen LogP contribution in [-0.4, -0.2) is 21.3 Å². The number of hydrogen-bond donors (Lipinski definition) is 1. The molecule has 0 amide bonds. The minimum atomic E-state index is 0.447. The number of nitrogens with one attached hydrogen (secondary N) is 1. The second-order valence-electron chi connectivity index (χ2n) is 4.32. The minimum absolute atomic E-state index is 0.447. The number of aromatic nitrogens is 3. The largest absolute Gasteiger partial charge is 0.314 e. The van der Waals surface area contributed by atoms with Crippen molar-refractivity contribution in [1.82, 2.24) is 20.1 Å². The Bertz CT molecular complexity index is 288. The van der Waals surface area contributed by atoms with Crippen LogP contribution in [0.25, 0.3) is 0 Å². The third kappa shape index (κ3) is 2.32. The van der Waals surface area contributed by atoms with Gasteiger partial charge in [0.05, 0.1) is 6.54 Å². The highest BCUT2D eigenvalue weighted by atomic mass is 15.3. The smallest absolute Gasteiger partial charge is 0.147 e. The van der Waals surface area contributed by atoms with Gasteiger partial charge in [0.15, 0.2) is 0 Å². The monoisotopic (exact) mass is 194 g/mol. The van der Waals surface area contributed by atoms with Gasteiger partial charge < -0.3 is 9.88 Å². The van der Waals surface area contributed by atoms with Gasteiger partial charge in [0, 0.05) is 6.04 Å². The molecule has 0 radical (unpaired) electrons. The van der Waals surface area contributed by atoms with Crippen LogP contribution in [0.1, 0.15) is 38.6 Å². The van der Waals surface area contributed by atoms with E-state index in [1.807, 2.05) is 0 Å². The van der Waals surface area contributed by atoms with Crippen molar-refractivity contribution in [3.8, 4) is 0 Å². The summed E-state index contributed by atoms with van der Waals surface area (Å²) in [6.45, 7) is 6.27. The Balaban J connectivity index is 1.84. The summed E-state index contributed by atoms with van der Waals surface area (Å²) < 4.78 is 2.11. The van der Waals surface area contributed by atoms with Gasteiger partial charge in [-0.15, -0.1) is 10.2 Å². The molecule has 78 valence electrons. The first-order chi connectivity index (χ1) is 6.77. The first kappa shape index (κ1) is 9.65. The van der Waals surface area contributed by atoms with E-state index >= 15 is 0 Å². The molecule has 1 aromatic heterocycles. The van der Waals surface area contributed by atoms with E-state index in [1.165, 1.54) is 12.8 Å². The van der Waals surface area contributed by atoms with E-state index in [4.69, 9.17) is 0 Å². The molecule has 0 spiro atoms. The summed E-state index contributed by atoms with van der Waals surface area (Å²) in [6.07, 6.45) is 4.59. The van der Waals surface area contributed by atoms with Crippen molar-refractivity contribution >= 4 is 0 Å². The average molecular weight is 194 g/mol. The highest BCUT2D eigenvalue weighted by molar-refractivity contribution is 4.88. The SMILES string of the molecule is CC(C)n1cnnc1CNCC1CC1. The van der Waals surface area contributed by atoms with Gasteiger partial charge >= 0.3 is 0 Å². The normalized spacial score (nSPS) is 16.5. The fraction of sp³-hybridized carbons (Fsp3) is 0.800. The van der Waals surface area contributed by atoms with Crippen LogP contribution in [0.3, 0.4) is 0 Å². The van der Waals surface area contributed by atoms with Crippen LogP contribution in [-0.2, 0) is 6.54 Å². The van der Waals surface area contributed by atoms with Crippen LogP contribution >= 0.6 is 0 Å². The van der Waals surface area contributed by atoms with Crippen LogP contribution in [0.4, 0.5) is 0 Å². The van der Waals surface area contributed by atoms with Gasteiger partial charge in [-0.1, -0.05) is 0 Å². The Morgan fingerprint density at radius 2 is 2.36 bits per heavy atom. The third-order valence-corrected chi connectivity index (χ3v) is 2.62. The molecule has 1 saturated carbocycles. The fourth-order valence-electron chi connectivity index (χ4n) is 1.53. The fourth-order valence-corrected chi connectivity index (χ4v) is 1.53. The third-order valence-electron chi connectivity index (χ3n) is 2.62. The average Bonchev–Trinajstić information content (AvgIpc) is 2.82.